The summed E-state index contributed by atoms with van der Waals surface area (Å²) >= 11 is 0. The summed E-state index contributed by atoms with van der Waals surface area (Å²) in [6.07, 6.45) is 0.940. The van der Waals surface area contributed by atoms with Crippen molar-refractivity contribution in [3.05, 3.63) is 0 Å². The zero-order chi connectivity index (χ0) is 11.3. The second-order valence-corrected chi connectivity index (χ2v) is 4.58. The van der Waals surface area contributed by atoms with E-state index in [0.29, 0.717) is 6.61 Å². The molecule has 0 amide bonds. The fourth-order valence-electron chi connectivity index (χ4n) is 2.80. The standard InChI is InChI=1S/C10H20N2O.C2H6/c1-11-5-9-7-12(3-2-4-13)8-10(9)6-11;1-2/h9-10,13H,2-8H2,1H3;1-2H3. The zero-order valence-corrected chi connectivity index (χ0v) is 10.4. The van der Waals surface area contributed by atoms with E-state index in [2.05, 4.69) is 16.8 Å². The summed E-state index contributed by atoms with van der Waals surface area (Å²) in [6, 6.07) is 0. The molecule has 2 heterocycles. The highest BCUT2D eigenvalue weighted by molar-refractivity contribution is 4.91. The number of aliphatic hydroxyl groups excluding tert-OH is 1. The predicted molar refractivity (Wildman–Crippen MR) is 64.0 cm³/mol. The number of fused-ring (bicyclic) bond motifs is 1. The molecule has 0 aromatic carbocycles. The van der Waals surface area contributed by atoms with E-state index < -0.39 is 0 Å². The SMILES string of the molecule is CC.CN1CC2CN(CCCO)CC2C1. The average Bonchev–Trinajstić information content (AvgIpc) is 2.74. The average molecular weight is 214 g/mol. The van der Waals surface area contributed by atoms with Gasteiger partial charge in [-0.15, -0.1) is 0 Å². The van der Waals surface area contributed by atoms with Crippen LogP contribution in [0.4, 0.5) is 0 Å². The van der Waals surface area contributed by atoms with E-state index in [-0.39, 0.29) is 0 Å². The lowest BCUT2D eigenvalue weighted by Gasteiger charge is -2.18. The summed E-state index contributed by atoms with van der Waals surface area (Å²) in [7, 11) is 2.22. The minimum Gasteiger partial charge on any atom is -0.396 e. The summed E-state index contributed by atoms with van der Waals surface area (Å²) in [5, 5.41) is 8.74. The van der Waals surface area contributed by atoms with Crippen molar-refractivity contribution in [2.75, 3.05) is 46.4 Å². The van der Waals surface area contributed by atoms with Crippen molar-refractivity contribution in [3.63, 3.8) is 0 Å². The summed E-state index contributed by atoms with van der Waals surface area (Å²) < 4.78 is 0. The Morgan fingerprint density at radius 2 is 1.60 bits per heavy atom. The summed E-state index contributed by atoms with van der Waals surface area (Å²) in [4.78, 5) is 4.96. The van der Waals surface area contributed by atoms with Gasteiger partial charge in [0.1, 0.15) is 0 Å². The van der Waals surface area contributed by atoms with Crippen molar-refractivity contribution < 1.29 is 5.11 Å². The van der Waals surface area contributed by atoms with Gasteiger partial charge in [-0.3, -0.25) is 0 Å². The van der Waals surface area contributed by atoms with E-state index in [4.69, 9.17) is 5.11 Å². The van der Waals surface area contributed by atoms with Crippen molar-refractivity contribution in [1.82, 2.24) is 9.80 Å². The molecule has 2 rings (SSSR count). The molecule has 2 aliphatic heterocycles. The van der Waals surface area contributed by atoms with Gasteiger partial charge in [0.2, 0.25) is 0 Å². The minimum absolute atomic E-state index is 0.339. The Balaban J connectivity index is 0.000000531. The smallest absolute Gasteiger partial charge is 0.0443 e. The number of hydrogen-bond acceptors (Lipinski definition) is 3. The Morgan fingerprint density at radius 3 is 2.07 bits per heavy atom. The largest absolute Gasteiger partial charge is 0.396 e. The van der Waals surface area contributed by atoms with Crippen LogP contribution in [-0.4, -0.2) is 61.3 Å². The van der Waals surface area contributed by atoms with Gasteiger partial charge in [0.25, 0.3) is 0 Å². The Morgan fingerprint density at radius 1 is 1.07 bits per heavy atom. The van der Waals surface area contributed by atoms with Gasteiger partial charge in [-0.2, -0.15) is 0 Å². The van der Waals surface area contributed by atoms with Gasteiger partial charge in [-0.1, -0.05) is 13.8 Å². The maximum Gasteiger partial charge on any atom is 0.0443 e. The Labute approximate surface area is 94.1 Å². The molecule has 2 atom stereocenters. The quantitative estimate of drug-likeness (QED) is 0.756. The van der Waals surface area contributed by atoms with Crippen LogP contribution in [0.3, 0.4) is 0 Å². The fraction of sp³-hybridized carbons (Fsp3) is 1.00. The highest BCUT2D eigenvalue weighted by atomic mass is 16.3. The van der Waals surface area contributed by atoms with E-state index in [1.54, 1.807) is 0 Å². The van der Waals surface area contributed by atoms with Gasteiger partial charge < -0.3 is 14.9 Å². The number of hydrogen-bond donors (Lipinski definition) is 1. The van der Waals surface area contributed by atoms with Gasteiger partial charge in [-0.25, -0.2) is 0 Å². The Kier molecular flexibility index (Phi) is 5.58. The lowest BCUT2D eigenvalue weighted by atomic mass is 10.0. The maximum absolute atomic E-state index is 8.74. The van der Waals surface area contributed by atoms with Crippen LogP contribution in [0.15, 0.2) is 0 Å². The highest BCUT2D eigenvalue weighted by Crippen LogP contribution is 2.29. The van der Waals surface area contributed by atoms with Crippen molar-refractivity contribution in [3.8, 4) is 0 Å². The molecular formula is C12H26N2O. The second kappa shape index (κ2) is 6.46. The van der Waals surface area contributed by atoms with Crippen LogP contribution in [0.1, 0.15) is 20.3 Å². The lowest BCUT2D eigenvalue weighted by molar-refractivity contribution is 0.231. The molecular weight excluding hydrogens is 188 g/mol. The molecule has 0 saturated carbocycles. The highest BCUT2D eigenvalue weighted by Gasteiger charge is 2.37. The van der Waals surface area contributed by atoms with Crippen LogP contribution in [0, 0.1) is 11.8 Å². The molecule has 2 saturated heterocycles. The maximum atomic E-state index is 8.74. The van der Waals surface area contributed by atoms with Crippen molar-refractivity contribution in [2.24, 2.45) is 11.8 Å². The van der Waals surface area contributed by atoms with Gasteiger partial charge in [0.05, 0.1) is 0 Å². The van der Waals surface area contributed by atoms with E-state index in [9.17, 15) is 0 Å². The van der Waals surface area contributed by atoms with Gasteiger partial charge >= 0.3 is 0 Å². The first-order chi connectivity index (χ1) is 7.29. The molecule has 0 radical (unpaired) electrons. The number of likely N-dealkylation sites (tertiary alicyclic amines) is 2. The number of nitrogens with zero attached hydrogens (tertiary/aromatic N) is 2. The molecule has 0 aromatic rings. The molecule has 0 spiro atoms. The summed E-state index contributed by atoms with van der Waals surface area (Å²) in [6.45, 7) is 10.5. The molecule has 0 aliphatic carbocycles. The first-order valence-electron chi connectivity index (χ1n) is 6.31. The van der Waals surface area contributed by atoms with E-state index >= 15 is 0 Å². The lowest BCUT2D eigenvalue weighted by Crippen LogP contribution is -2.28. The molecule has 1 N–H and O–H groups in total. The first kappa shape index (κ1) is 12.9. The third kappa shape index (κ3) is 3.44. The number of rotatable bonds is 3. The van der Waals surface area contributed by atoms with Crippen LogP contribution in [-0.2, 0) is 0 Å². The molecule has 2 aliphatic rings. The molecule has 2 unspecified atom stereocenters. The van der Waals surface area contributed by atoms with Crippen LogP contribution >= 0.6 is 0 Å². The normalized spacial score (nSPS) is 31.2. The van der Waals surface area contributed by atoms with Crippen LogP contribution in [0.5, 0.6) is 0 Å². The van der Waals surface area contributed by atoms with Crippen molar-refractivity contribution in [2.45, 2.75) is 20.3 Å². The first-order valence-corrected chi connectivity index (χ1v) is 6.31. The molecule has 0 aromatic heterocycles. The Hall–Kier alpha value is -0.120. The molecule has 90 valence electrons. The van der Waals surface area contributed by atoms with Gasteiger partial charge in [-0.05, 0) is 25.3 Å². The van der Waals surface area contributed by atoms with Gasteiger partial charge in [0, 0.05) is 39.3 Å². The predicted octanol–water partition coefficient (Wildman–Crippen LogP) is 0.888. The monoisotopic (exact) mass is 214 g/mol. The minimum atomic E-state index is 0.339. The molecule has 3 heteroatoms. The summed E-state index contributed by atoms with van der Waals surface area (Å²) in [5.41, 5.74) is 0. The molecule has 2 fully saturated rings. The zero-order valence-electron chi connectivity index (χ0n) is 10.4. The van der Waals surface area contributed by atoms with Crippen molar-refractivity contribution >= 4 is 0 Å². The van der Waals surface area contributed by atoms with E-state index in [0.717, 1.165) is 24.8 Å². The third-order valence-corrected chi connectivity index (χ3v) is 3.38. The van der Waals surface area contributed by atoms with Crippen LogP contribution in [0.2, 0.25) is 0 Å². The summed E-state index contributed by atoms with van der Waals surface area (Å²) in [5.74, 6) is 1.81. The molecule has 0 bridgehead atoms. The third-order valence-electron chi connectivity index (χ3n) is 3.38. The topological polar surface area (TPSA) is 26.7 Å². The second-order valence-electron chi connectivity index (χ2n) is 4.58. The molecule has 15 heavy (non-hydrogen) atoms. The molecule has 3 nitrogen and oxygen atoms in total. The van der Waals surface area contributed by atoms with E-state index in [1.807, 2.05) is 13.8 Å². The van der Waals surface area contributed by atoms with Crippen molar-refractivity contribution in [1.29, 1.82) is 0 Å². The Bertz CT molecular complexity index is 161. The van der Waals surface area contributed by atoms with E-state index in [1.165, 1.54) is 26.2 Å². The van der Waals surface area contributed by atoms with Gasteiger partial charge in [0.15, 0.2) is 0 Å². The van der Waals surface area contributed by atoms with Crippen LogP contribution in [0.25, 0.3) is 0 Å². The van der Waals surface area contributed by atoms with Crippen LogP contribution < -0.4 is 0 Å². The number of aliphatic hydroxyl groups is 1. The fourth-order valence-corrected chi connectivity index (χ4v) is 2.80.